The van der Waals surface area contributed by atoms with Crippen molar-refractivity contribution in [2.24, 2.45) is 0 Å². The van der Waals surface area contributed by atoms with E-state index in [1.54, 1.807) is 0 Å². The molecule has 1 aliphatic rings. The van der Waals surface area contributed by atoms with E-state index in [0.29, 0.717) is 25.8 Å². The number of carbonyl (C=O) groups excluding carboxylic acids is 1. The monoisotopic (exact) mass is 205 g/mol. The zero-order valence-corrected chi connectivity index (χ0v) is 8.64. The summed E-state index contributed by atoms with van der Waals surface area (Å²) in [7, 11) is -3.29. The van der Waals surface area contributed by atoms with Crippen molar-refractivity contribution in [1.82, 2.24) is 4.31 Å². The van der Waals surface area contributed by atoms with E-state index in [9.17, 15) is 13.2 Å². The molecule has 1 amide bonds. The van der Waals surface area contributed by atoms with Crippen LogP contribution in [0.2, 0.25) is 0 Å². The quantitative estimate of drug-likeness (QED) is 0.680. The minimum Gasteiger partial charge on any atom is -0.274 e. The van der Waals surface area contributed by atoms with Crippen molar-refractivity contribution in [1.29, 1.82) is 0 Å². The molecule has 0 saturated carbocycles. The number of amides is 1. The third-order valence-corrected chi connectivity index (χ3v) is 3.98. The van der Waals surface area contributed by atoms with Crippen molar-refractivity contribution in [2.45, 2.75) is 32.6 Å². The van der Waals surface area contributed by atoms with Crippen LogP contribution in [0.4, 0.5) is 0 Å². The standard InChI is InChI=1S/C8H15NO3S/c1-2-3-7-13(11,12)9-6-4-5-8(9)10/h2-7H2,1H3. The lowest BCUT2D eigenvalue weighted by Crippen LogP contribution is -2.33. The molecule has 0 spiro atoms. The predicted molar refractivity (Wildman–Crippen MR) is 49.6 cm³/mol. The molecular weight excluding hydrogens is 190 g/mol. The van der Waals surface area contributed by atoms with Crippen molar-refractivity contribution in [3.05, 3.63) is 0 Å². The van der Waals surface area contributed by atoms with Crippen molar-refractivity contribution < 1.29 is 13.2 Å². The Labute approximate surface area is 79.0 Å². The summed E-state index contributed by atoms with van der Waals surface area (Å²) in [5, 5.41) is 0. The van der Waals surface area contributed by atoms with Crippen LogP contribution in [0.1, 0.15) is 32.6 Å². The number of carbonyl (C=O) groups is 1. The Morgan fingerprint density at radius 1 is 1.46 bits per heavy atom. The predicted octanol–water partition coefficient (Wildman–Crippen LogP) is 0.739. The maximum absolute atomic E-state index is 11.5. The average Bonchev–Trinajstić information content (AvgIpc) is 2.48. The fraction of sp³-hybridized carbons (Fsp3) is 0.875. The highest BCUT2D eigenvalue weighted by Crippen LogP contribution is 2.15. The van der Waals surface area contributed by atoms with Gasteiger partial charge in [0.25, 0.3) is 0 Å². The van der Waals surface area contributed by atoms with Gasteiger partial charge in [-0.05, 0) is 12.8 Å². The molecule has 1 saturated heterocycles. The molecule has 0 aromatic rings. The van der Waals surface area contributed by atoms with E-state index >= 15 is 0 Å². The topological polar surface area (TPSA) is 54.5 Å². The van der Waals surface area contributed by atoms with Crippen LogP contribution in [0.3, 0.4) is 0 Å². The fourth-order valence-corrected chi connectivity index (χ4v) is 3.04. The van der Waals surface area contributed by atoms with Crippen LogP contribution in [-0.2, 0) is 14.8 Å². The first kappa shape index (κ1) is 10.5. The van der Waals surface area contributed by atoms with E-state index in [2.05, 4.69) is 0 Å². The maximum atomic E-state index is 11.5. The van der Waals surface area contributed by atoms with Gasteiger partial charge in [0.1, 0.15) is 0 Å². The Balaban J connectivity index is 2.63. The number of rotatable bonds is 4. The number of nitrogens with zero attached hydrogens (tertiary/aromatic N) is 1. The largest absolute Gasteiger partial charge is 0.274 e. The van der Waals surface area contributed by atoms with Gasteiger partial charge in [-0.25, -0.2) is 12.7 Å². The van der Waals surface area contributed by atoms with Crippen LogP contribution >= 0.6 is 0 Å². The van der Waals surface area contributed by atoms with Crippen molar-refractivity contribution >= 4 is 15.9 Å². The van der Waals surface area contributed by atoms with Crippen molar-refractivity contribution in [3.63, 3.8) is 0 Å². The molecule has 5 heteroatoms. The summed E-state index contributed by atoms with van der Waals surface area (Å²) in [4.78, 5) is 11.1. The molecule has 0 unspecified atom stereocenters. The minimum absolute atomic E-state index is 0.106. The first-order valence-electron chi connectivity index (χ1n) is 4.61. The lowest BCUT2D eigenvalue weighted by Gasteiger charge is -2.15. The summed E-state index contributed by atoms with van der Waals surface area (Å²) in [5.74, 6) is -0.133. The van der Waals surface area contributed by atoms with Crippen LogP contribution in [0.25, 0.3) is 0 Å². The normalized spacial score (nSPS) is 18.2. The second-order valence-corrected chi connectivity index (χ2v) is 5.25. The molecule has 76 valence electrons. The van der Waals surface area contributed by atoms with Gasteiger partial charge in [-0.1, -0.05) is 13.3 Å². The number of hydrogen-bond acceptors (Lipinski definition) is 3. The molecule has 13 heavy (non-hydrogen) atoms. The fourth-order valence-electron chi connectivity index (χ4n) is 1.35. The lowest BCUT2D eigenvalue weighted by molar-refractivity contribution is -0.123. The zero-order chi connectivity index (χ0) is 9.90. The van der Waals surface area contributed by atoms with E-state index in [-0.39, 0.29) is 11.7 Å². The molecule has 0 N–H and O–H groups in total. The Bertz CT molecular complexity index is 284. The smallest absolute Gasteiger partial charge is 0.237 e. The maximum Gasteiger partial charge on any atom is 0.237 e. The van der Waals surface area contributed by atoms with Gasteiger partial charge in [-0.15, -0.1) is 0 Å². The average molecular weight is 205 g/mol. The summed E-state index contributed by atoms with van der Waals surface area (Å²) in [6.45, 7) is 2.31. The summed E-state index contributed by atoms with van der Waals surface area (Å²) in [5.41, 5.74) is 0. The zero-order valence-electron chi connectivity index (χ0n) is 7.82. The highest BCUT2D eigenvalue weighted by molar-refractivity contribution is 7.89. The van der Waals surface area contributed by atoms with Gasteiger partial charge in [-0.2, -0.15) is 0 Å². The second-order valence-electron chi connectivity index (χ2n) is 3.24. The van der Waals surface area contributed by atoms with Crippen LogP contribution in [-0.4, -0.2) is 30.9 Å². The first-order chi connectivity index (χ1) is 6.08. The molecule has 0 aromatic carbocycles. The molecule has 1 fully saturated rings. The molecule has 0 bridgehead atoms. The first-order valence-corrected chi connectivity index (χ1v) is 6.22. The summed E-state index contributed by atoms with van der Waals surface area (Å²) >= 11 is 0. The van der Waals surface area contributed by atoms with Crippen LogP contribution in [0, 0.1) is 0 Å². The van der Waals surface area contributed by atoms with Gasteiger partial charge >= 0.3 is 0 Å². The third kappa shape index (κ3) is 2.43. The Kier molecular flexibility index (Phi) is 3.30. The van der Waals surface area contributed by atoms with Crippen molar-refractivity contribution in [3.8, 4) is 0 Å². The van der Waals surface area contributed by atoms with Crippen LogP contribution < -0.4 is 0 Å². The van der Waals surface area contributed by atoms with Gasteiger partial charge in [0.05, 0.1) is 5.75 Å². The Hall–Kier alpha value is -0.580. The minimum atomic E-state index is -3.29. The van der Waals surface area contributed by atoms with E-state index < -0.39 is 10.0 Å². The summed E-state index contributed by atoms with van der Waals surface area (Å²) in [6, 6.07) is 0. The van der Waals surface area contributed by atoms with E-state index in [0.717, 1.165) is 10.7 Å². The number of sulfonamides is 1. The SMILES string of the molecule is CCCCS(=O)(=O)N1CCCC1=O. The summed E-state index contributed by atoms with van der Waals surface area (Å²) < 4.78 is 24.0. The third-order valence-electron chi connectivity index (χ3n) is 2.12. The van der Waals surface area contributed by atoms with Gasteiger partial charge < -0.3 is 0 Å². The molecule has 1 rings (SSSR count). The highest BCUT2D eigenvalue weighted by atomic mass is 32.2. The van der Waals surface area contributed by atoms with Gasteiger partial charge in [0.2, 0.25) is 15.9 Å². The molecule has 1 heterocycles. The molecule has 0 atom stereocenters. The highest BCUT2D eigenvalue weighted by Gasteiger charge is 2.30. The van der Waals surface area contributed by atoms with Gasteiger partial charge in [-0.3, -0.25) is 4.79 Å². The lowest BCUT2D eigenvalue weighted by atomic mass is 10.4. The molecule has 0 radical (unpaired) electrons. The van der Waals surface area contributed by atoms with Gasteiger partial charge in [0.15, 0.2) is 0 Å². The molecule has 4 nitrogen and oxygen atoms in total. The van der Waals surface area contributed by atoms with Crippen molar-refractivity contribution in [2.75, 3.05) is 12.3 Å². The van der Waals surface area contributed by atoms with E-state index in [4.69, 9.17) is 0 Å². The molecule has 0 aromatic heterocycles. The number of unbranched alkanes of at least 4 members (excludes halogenated alkanes) is 1. The number of hydrogen-bond donors (Lipinski definition) is 0. The second kappa shape index (κ2) is 4.09. The van der Waals surface area contributed by atoms with Crippen LogP contribution in [0.5, 0.6) is 0 Å². The van der Waals surface area contributed by atoms with Crippen LogP contribution in [0.15, 0.2) is 0 Å². The summed E-state index contributed by atoms with van der Waals surface area (Å²) in [6.07, 6.45) is 2.52. The van der Waals surface area contributed by atoms with Gasteiger partial charge in [0, 0.05) is 13.0 Å². The molecule has 0 aliphatic carbocycles. The van der Waals surface area contributed by atoms with E-state index in [1.807, 2.05) is 6.92 Å². The molecular formula is C8H15NO3S. The van der Waals surface area contributed by atoms with E-state index in [1.165, 1.54) is 0 Å². The Morgan fingerprint density at radius 3 is 2.62 bits per heavy atom. The molecule has 1 aliphatic heterocycles. The Morgan fingerprint density at radius 2 is 2.15 bits per heavy atom.